The molecular weight excluding hydrogens is 204 g/mol. The molecule has 86 valence electrons. The van der Waals surface area contributed by atoms with Crippen LogP contribution in [0.3, 0.4) is 0 Å². The van der Waals surface area contributed by atoms with Crippen LogP contribution >= 0.6 is 0 Å². The van der Waals surface area contributed by atoms with Crippen LogP contribution in [-0.2, 0) is 0 Å². The summed E-state index contributed by atoms with van der Waals surface area (Å²) in [6.07, 6.45) is 1.98. The fourth-order valence-electron chi connectivity index (χ4n) is 1.22. The van der Waals surface area contributed by atoms with E-state index in [1.54, 1.807) is 12.1 Å². The molecule has 4 heteroatoms. The van der Waals surface area contributed by atoms with Gasteiger partial charge in [0.2, 0.25) is 0 Å². The van der Waals surface area contributed by atoms with Gasteiger partial charge in [0, 0.05) is 12.2 Å². The molecule has 0 aliphatic carbocycles. The maximum absolute atomic E-state index is 10.9. The van der Waals surface area contributed by atoms with Crippen molar-refractivity contribution in [3.05, 3.63) is 35.0 Å². The minimum atomic E-state index is -0.966. The van der Waals surface area contributed by atoms with E-state index in [0.29, 0.717) is 12.4 Å². The van der Waals surface area contributed by atoms with Gasteiger partial charge in [0.15, 0.2) is 0 Å². The van der Waals surface area contributed by atoms with Crippen molar-refractivity contribution in [3.63, 3.8) is 0 Å². The molecule has 0 unspecified atom stereocenters. The third kappa shape index (κ3) is 3.38. The van der Waals surface area contributed by atoms with Crippen LogP contribution in [-0.4, -0.2) is 22.6 Å². The number of allylic oxidation sites excluding steroid dienone is 1. The van der Waals surface area contributed by atoms with Gasteiger partial charge in [0.05, 0.1) is 0 Å². The first-order valence-corrected chi connectivity index (χ1v) is 5.09. The highest BCUT2D eigenvalue weighted by molar-refractivity contribution is 5.93. The summed E-state index contributed by atoms with van der Waals surface area (Å²) >= 11 is 0. The van der Waals surface area contributed by atoms with Gasteiger partial charge in [-0.15, -0.1) is 0 Å². The van der Waals surface area contributed by atoms with Gasteiger partial charge in [-0.1, -0.05) is 11.6 Å². The summed E-state index contributed by atoms with van der Waals surface area (Å²) in [4.78, 5) is 15.1. The summed E-state index contributed by atoms with van der Waals surface area (Å²) < 4.78 is 0. The zero-order chi connectivity index (χ0) is 12.1. The number of nitrogens with zero attached hydrogens (tertiary/aromatic N) is 1. The van der Waals surface area contributed by atoms with Crippen LogP contribution in [0, 0.1) is 6.92 Å². The summed E-state index contributed by atoms with van der Waals surface area (Å²) in [5, 5.41) is 12.0. The fraction of sp³-hybridized carbons (Fsp3) is 0.333. The van der Waals surface area contributed by atoms with Crippen molar-refractivity contribution in [1.82, 2.24) is 4.98 Å². The summed E-state index contributed by atoms with van der Waals surface area (Å²) in [7, 11) is 0. The number of rotatable bonds is 4. The molecule has 1 heterocycles. The predicted molar refractivity (Wildman–Crippen MR) is 63.9 cm³/mol. The lowest BCUT2D eigenvalue weighted by molar-refractivity contribution is 0.0697. The summed E-state index contributed by atoms with van der Waals surface area (Å²) in [6, 6.07) is 3.26. The molecular formula is C12H16N2O2. The Kier molecular flexibility index (Phi) is 4.05. The first-order valence-electron chi connectivity index (χ1n) is 5.09. The molecule has 2 N–H and O–H groups in total. The van der Waals surface area contributed by atoms with Crippen LogP contribution in [0.1, 0.15) is 29.9 Å². The highest BCUT2D eigenvalue weighted by atomic mass is 16.4. The number of pyridine rings is 1. The number of aromatic carboxylic acids is 1. The molecule has 0 aromatic carbocycles. The zero-order valence-electron chi connectivity index (χ0n) is 9.74. The molecule has 0 bridgehead atoms. The first-order chi connectivity index (χ1) is 7.50. The number of anilines is 1. The molecule has 16 heavy (non-hydrogen) atoms. The molecule has 0 aliphatic rings. The van der Waals surface area contributed by atoms with Crippen molar-refractivity contribution in [2.24, 2.45) is 0 Å². The average Bonchev–Trinajstić information content (AvgIpc) is 2.16. The van der Waals surface area contributed by atoms with Gasteiger partial charge in [-0.05, 0) is 32.9 Å². The molecule has 0 saturated heterocycles. The molecule has 0 saturated carbocycles. The third-order valence-electron chi connectivity index (χ3n) is 2.04. The first kappa shape index (κ1) is 12.2. The van der Waals surface area contributed by atoms with Gasteiger partial charge >= 0.3 is 5.97 Å². The summed E-state index contributed by atoms with van der Waals surface area (Å²) in [5.74, 6) is -0.544. The fourth-order valence-corrected chi connectivity index (χ4v) is 1.22. The van der Waals surface area contributed by atoms with Gasteiger partial charge in [-0.25, -0.2) is 9.78 Å². The van der Waals surface area contributed by atoms with Gasteiger partial charge in [0.1, 0.15) is 11.4 Å². The second-order valence-corrected chi connectivity index (χ2v) is 3.82. The van der Waals surface area contributed by atoms with Crippen molar-refractivity contribution in [3.8, 4) is 0 Å². The lowest BCUT2D eigenvalue weighted by Gasteiger charge is -2.07. The number of aromatic nitrogens is 1. The van der Waals surface area contributed by atoms with Crippen LogP contribution in [0.25, 0.3) is 0 Å². The van der Waals surface area contributed by atoms with Crippen LogP contribution in [0.15, 0.2) is 23.8 Å². The molecule has 0 atom stereocenters. The highest BCUT2D eigenvalue weighted by Crippen LogP contribution is 2.13. The lowest BCUT2D eigenvalue weighted by atomic mass is 10.2. The van der Waals surface area contributed by atoms with E-state index in [1.165, 1.54) is 5.57 Å². The third-order valence-corrected chi connectivity index (χ3v) is 2.04. The normalized spacial score (nSPS) is 9.69. The molecule has 0 fully saturated rings. The Morgan fingerprint density at radius 1 is 1.50 bits per heavy atom. The quantitative estimate of drug-likeness (QED) is 0.765. The lowest BCUT2D eigenvalue weighted by Crippen LogP contribution is -2.09. The second-order valence-electron chi connectivity index (χ2n) is 3.82. The van der Waals surface area contributed by atoms with Crippen molar-refractivity contribution < 1.29 is 9.90 Å². The van der Waals surface area contributed by atoms with E-state index < -0.39 is 5.97 Å². The maximum Gasteiger partial charge on any atom is 0.339 e. The van der Waals surface area contributed by atoms with Gasteiger partial charge < -0.3 is 10.4 Å². The Morgan fingerprint density at radius 2 is 2.19 bits per heavy atom. The topological polar surface area (TPSA) is 62.2 Å². The van der Waals surface area contributed by atoms with E-state index in [-0.39, 0.29) is 5.56 Å². The summed E-state index contributed by atoms with van der Waals surface area (Å²) in [6.45, 7) is 6.39. The van der Waals surface area contributed by atoms with Gasteiger partial charge in [-0.2, -0.15) is 0 Å². The molecule has 1 aromatic heterocycles. The standard InChI is InChI=1S/C12H16N2O2/c1-8(2)6-7-13-11-10(12(15)16)5-4-9(3)14-11/h4-6H,7H2,1-3H3,(H,13,14)(H,15,16). The Labute approximate surface area is 95.0 Å². The Morgan fingerprint density at radius 3 is 2.75 bits per heavy atom. The molecule has 1 rings (SSSR count). The van der Waals surface area contributed by atoms with Crippen molar-refractivity contribution in [2.75, 3.05) is 11.9 Å². The van der Waals surface area contributed by atoms with E-state index in [0.717, 1.165) is 5.69 Å². The van der Waals surface area contributed by atoms with E-state index >= 15 is 0 Å². The van der Waals surface area contributed by atoms with E-state index in [9.17, 15) is 4.79 Å². The molecule has 4 nitrogen and oxygen atoms in total. The minimum absolute atomic E-state index is 0.202. The Hall–Kier alpha value is -1.84. The number of hydrogen-bond donors (Lipinski definition) is 2. The number of carbonyl (C=O) groups is 1. The van der Waals surface area contributed by atoms with Crippen LogP contribution in [0.4, 0.5) is 5.82 Å². The van der Waals surface area contributed by atoms with Crippen LogP contribution in [0.5, 0.6) is 0 Å². The van der Waals surface area contributed by atoms with Gasteiger partial charge in [-0.3, -0.25) is 0 Å². The smallest absolute Gasteiger partial charge is 0.339 e. The van der Waals surface area contributed by atoms with E-state index in [4.69, 9.17) is 5.11 Å². The molecule has 0 radical (unpaired) electrons. The Balaban J connectivity index is 2.88. The van der Waals surface area contributed by atoms with Crippen LogP contribution in [0.2, 0.25) is 0 Å². The molecule has 0 aliphatic heterocycles. The number of carboxylic acids is 1. The number of carboxylic acid groups (broad SMARTS) is 1. The zero-order valence-corrected chi connectivity index (χ0v) is 9.74. The minimum Gasteiger partial charge on any atom is -0.478 e. The molecule has 0 spiro atoms. The monoisotopic (exact) mass is 220 g/mol. The number of aryl methyl sites for hydroxylation is 1. The van der Waals surface area contributed by atoms with Crippen LogP contribution < -0.4 is 5.32 Å². The predicted octanol–water partition coefficient (Wildman–Crippen LogP) is 2.47. The Bertz CT molecular complexity index is 421. The summed E-state index contributed by atoms with van der Waals surface area (Å²) in [5.41, 5.74) is 2.18. The number of nitrogens with one attached hydrogen (secondary N) is 1. The van der Waals surface area contributed by atoms with Gasteiger partial charge in [0.25, 0.3) is 0 Å². The van der Waals surface area contributed by atoms with E-state index in [2.05, 4.69) is 10.3 Å². The highest BCUT2D eigenvalue weighted by Gasteiger charge is 2.10. The molecule has 0 amide bonds. The average molecular weight is 220 g/mol. The SMILES string of the molecule is CC(C)=CCNc1nc(C)ccc1C(=O)O. The molecule has 1 aromatic rings. The van der Waals surface area contributed by atoms with Crippen molar-refractivity contribution in [1.29, 1.82) is 0 Å². The maximum atomic E-state index is 10.9. The van der Waals surface area contributed by atoms with E-state index in [1.807, 2.05) is 26.8 Å². The van der Waals surface area contributed by atoms with Crippen molar-refractivity contribution >= 4 is 11.8 Å². The largest absolute Gasteiger partial charge is 0.478 e. The van der Waals surface area contributed by atoms with Crippen molar-refractivity contribution in [2.45, 2.75) is 20.8 Å². The number of hydrogen-bond acceptors (Lipinski definition) is 3. The second kappa shape index (κ2) is 5.30.